The summed E-state index contributed by atoms with van der Waals surface area (Å²) >= 11 is 1.67. The molecule has 108 valence electrons. The van der Waals surface area contributed by atoms with Crippen molar-refractivity contribution in [3.05, 3.63) is 34.3 Å². The fourth-order valence-electron chi connectivity index (χ4n) is 1.62. The predicted molar refractivity (Wildman–Crippen MR) is 80.2 cm³/mol. The first-order valence-electron chi connectivity index (χ1n) is 6.66. The van der Waals surface area contributed by atoms with Crippen LogP contribution in [0.15, 0.2) is 23.6 Å². The molecule has 5 nitrogen and oxygen atoms in total. The summed E-state index contributed by atoms with van der Waals surface area (Å²) in [5.74, 6) is 1.96. The molecule has 0 amide bonds. The van der Waals surface area contributed by atoms with Gasteiger partial charge in [-0.2, -0.15) is 4.98 Å². The third-order valence-corrected chi connectivity index (χ3v) is 3.33. The number of hydrogen-bond acceptors (Lipinski definition) is 6. The number of ether oxygens (including phenoxy) is 2. The Hall–Kier alpha value is -1.66. The van der Waals surface area contributed by atoms with Crippen LogP contribution in [-0.2, 0) is 18.0 Å². The fraction of sp³-hybridized carbons (Fsp3) is 0.429. The summed E-state index contributed by atoms with van der Waals surface area (Å²) in [6.07, 6.45) is 0. The Labute approximate surface area is 123 Å². The lowest BCUT2D eigenvalue weighted by molar-refractivity contribution is 0.127. The molecule has 0 aliphatic carbocycles. The second kappa shape index (κ2) is 7.81. The normalized spacial score (nSPS) is 10.5. The highest BCUT2D eigenvalue weighted by Crippen LogP contribution is 2.17. The van der Waals surface area contributed by atoms with Crippen molar-refractivity contribution in [2.75, 3.05) is 18.5 Å². The summed E-state index contributed by atoms with van der Waals surface area (Å²) in [5.41, 5.74) is 0. The second-order valence-corrected chi connectivity index (χ2v) is 5.08. The first-order chi connectivity index (χ1) is 9.81. The van der Waals surface area contributed by atoms with Crippen molar-refractivity contribution in [3.8, 4) is 5.88 Å². The topological polar surface area (TPSA) is 56.3 Å². The molecule has 0 unspecified atom stereocenters. The van der Waals surface area contributed by atoms with Crippen molar-refractivity contribution in [2.24, 2.45) is 0 Å². The Balaban J connectivity index is 2.06. The highest BCUT2D eigenvalue weighted by molar-refractivity contribution is 7.09. The van der Waals surface area contributed by atoms with Gasteiger partial charge in [-0.25, -0.2) is 4.98 Å². The lowest BCUT2D eigenvalue weighted by atomic mass is 10.4. The van der Waals surface area contributed by atoms with E-state index in [9.17, 15) is 0 Å². The number of thiophene rings is 1. The van der Waals surface area contributed by atoms with Crippen LogP contribution < -0.4 is 10.1 Å². The minimum Gasteiger partial charge on any atom is -0.472 e. The van der Waals surface area contributed by atoms with E-state index in [2.05, 4.69) is 15.3 Å². The molecular formula is C14H19N3O2S. The van der Waals surface area contributed by atoms with Gasteiger partial charge in [-0.1, -0.05) is 6.07 Å². The maximum absolute atomic E-state index is 5.72. The van der Waals surface area contributed by atoms with Crippen molar-refractivity contribution in [2.45, 2.75) is 27.1 Å². The number of rotatable bonds is 8. The van der Waals surface area contributed by atoms with Crippen molar-refractivity contribution >= 4 is 17.2 Å². The van der Waals surface area contributed by atoms with E-state index in [1.54, 1.807) is 11.3 Å². The van der Waals surface area contributed by atoms with E-state index in [0.717, 1.165) is 12.4 Å². The molecular weight excluding hydrogens is 274 g/mol. The summed E-state index contributed by atoms with van der Waals surface area (Å²) in [6, 6.07) is 5.86. The Morgan fingerprint density at radius 3 is 2.85 bits per heavy atom. The van der Waals surface area contributed by atoms with Crippen LogP contribution in [0.25, 0.3) is 0 Å². The molecule has 2 aromatic heterocycles. The van der Waals surface area contributed by atoms with E-state index in [0.29, 0.717) is 31.5 Å². The van der Waals surface area contributed by atoms with Crippen LogP contribution in [0.5, 0.6) is 5.88 Å². The number of aromatic nitrogens is 2. The van der Waals surface area contributed by atoms with Crippen LogP contribution in [-0.4, -0.2) is 23.1 Å². The molecule has 0 aromatic carbocycles. The summed E-state index contributed by atoms with van der Waals surface area (Å²) < 4.78 is 11.1. The van der Waals surface area contributed by atoms with Gasteiger partial charge >= 0.3 is 0 Å². The third kappa shape index (κ3) is 4.47. The van der Waals surface area contributed by atoms with Crippen molar-refractivity contribution in [3.63, 3.8) is 0 Å². The number of anilines is 1. The lowest BCUT2D eigenvalue weighted by Gasteiger charge is -2.09. The minimum absolute atomic E-state index is 0.394. The van der Waals surface area contributed by atoms with Crippen LogP contribution >= 0.6 is 11.3 Å². The second-order valence-electron chi connectivity index (χ2n) is 4.04. The number of nitrogens with zero attached hydrogens (tertiary/aromatic N) is 2. The van der Waals surface area contributed by atoms with E-state index < -0.39 is 0 Å². The Morgan fingerprint density at radius 1 is 1.25 bits per heavy atom. The molecule has 0 saturated heterocycles. The van der Waals surface area contributed by atoms with Crippen LogP contribution in [0.4, 0.5) is 5.82 Å². The van der Waals surface area contributed by atoms with Gasteiger partial charge in [-0.15, -0.1) is 11.3 Å². The molecule has 0 bridgehead atoms. The summed E-state index contributed by atoms with van der Waals surface area (Å²) in [6.45, 7) is 6.33. The summed E-state index contributed by atoms with van der Waals surface area (Å²) in [7, 11) is 0. The van der Waals surface area contributed by atoms with Gasteiger partial charge < -0.3 is 14.8 Å². The first kappa shape index (κ1) is 14.7. The van der Waals surface area contributed by atoms with Gasteiger partial charge in [0.2, 0.25) is 5.88 Å². The highest BCUT2D eigenvalue weighted by Gasteiger charge is 2.06. The van der Waals surface area contributed by atoms with E-state index in [1.807, 2.05) is 37.4 Å². The molecule has 6 heteroatoms. The van der Waals surface area contributed by atoms with Crippen LogP contribution in [0, 0.1) is 0 Å². The maximum Gasteiger partial charge on any atom is 0.219 e. The number of nitrogens with one attached hydrogen (secondary N) is 1. The van der Waals surface area contributed by atoms with Gasteiger partial charge in [0.1, 0.15) is 19.0 Å². The fourth-order valence-corrected chi connectivity index (χ4v) is 2.23. The van der Waals surface area contributed by atoms with Gasteiger partial charge in [0.25, 0.3) is 0 Å². The zero-order chi connectivity index (χ0) is 14.2. The van der Waals surface area contributed by atoms with E-state index in [1.165, 1.54) is 4.88 Å². The van der Waals surface area contributed by atoms with Gasteiger partial charge in [-0.3, -0.25) is 0 Å². The van der Waals surface area contributed by atoms with Gasteiger partial charge in [-0.05, 0) is 25.3 Å². The van der Waals surface area contributed by atoms with Crippen LogP contribution in [0.2, 0.25) is 0 Å². The van der Waals surface area contributed by atoms with Gasteiger partial charge in [0.15, 0.2) is 5.82 Å². The van der Waals surface area contributed by atoms with E-state index in [4.69, 9.17) is 9.47 Å². The molecule has 20 heavy (non-hydrogen) atoms. The minimum atomic E-state index is 0.394. The SMILES string of the molecule is CCNc1cc(OCc2cccs2)nc(COCC)n1. The molecule has 0 atom stereocenters. The zero-order valence-corrected chi connectivity index (χ0v) is 12.6. The largest absolute Gasteiger partial charge is 0.472 e. The van der Waals surface area contributed by atoms with Crippen molar-refractivity contribution in [1.29, 1.82) is 0 Å². The summed E-state index contributed by atoms with van der Waals surface area (Å²) in [5, 5.41) is 5.20. The molecule has 1 N–H and O–H groups in total. The molecule has 0 aliphatic rings. The van der Waals surface area contributed by atoms with Crippen LogP contribution in [0.3, 0.4) is 0 Å². The molecule has 2 aromatic rings. The molecule has 0 saturated carbocycles. The summed E-state index contributed by atoms with van der Waals surface area (Å²) in [4.78, 5) is 9.91. The quantitative estimate of drug-likeness (QED) is 0.810. The predicted octanol–water partition coefficient (Wildman–Crippen LogP) is 3.09. The molecule has 0 fully saturated rings. The van der Waals surface area contributed by atoms with Crippen LogP contribution in [0.1, 0.15) is 24.5 Å². The number of hydrogen-bond donors (Lipinski definition) is 1. The average molecular weight is 293 g/mol. The maximum atomic E-state index is 5.72. The zero-order valence-electron chi connectivity index (χ0n) is 11.8. The third-order valence-electron chi connectivity index (χ3n) is 2.48. The molecule has 2 rings (SSSR count). The molecule has 0 aliphatic heterocycles. The highest BCUT2D eigenvalue weighted by atomic mass is 32.1. The monoisotopic (exact) mass is 293 g/mol. The first-order valence-corrected chi connectivity index (χ1v) is 7.54. The molecule has 0 spiro atoms. The smallest absolute Gasteiger partial charge is 0.219 e. The lowest BCUT2D eigenvalue weighted by Crippen LogP contribution is -2.07. The molecule has 2 heterocycles. The van der Waals surface area contributed by atoms with E-state index in [-0.39, 0.29) is 0 Å². The Morgan fingerprint density at radius 2 is 2.15 bits per heavy atom. The average Bonchev–Trinajstić information content (AvgIpc) is 2.96. The Kier molecular flexibility index (Phi) is 5.76. The van der Waals surface area contributed by atoms with Crippen molar-refractivity contribution < 1.29 is 9.47 Å². The van der Waals surface area contributed by atoms with Crippen molar-refractivity contribution in [1.82, 2.24) is 9.97 Å². The van der Waals surface area contributed by atoms with E-state index >= 15 is 0 Å². The standard InChI is InChI=1S/C14H19N3O2S/c1-3-15-12-8-14(17-13(16-12)10-18-4-2)19-9-11-6-5-7-20-11/h5-8H,3-4,9-10H2,1-2H3,(H,15,16,17). The Bertz CT molecular complexity index is 517. The van der Waals surface area contributed by atoms with Gasteiger partial charge in [0, 0.05) is 24.1 Å². The van der Waals surface area contributed by atoms with Gasteiger partial charge in [0.05, 0.1) is 0 Å². The molecule has 0 radical (unpaired) electrons.